The fraction of sp³-hybridized carbons (Fsp3) is 0.333. The van der Waals surface area contributed by atoms with E-state index in [1.54, 1.807) is 23.6 Å². The van der Waals surface area contributed by atoms with Crippen LogP contribution in [0.5, 0.6) is 0 Å². The van der Waals surface area contributed by atoms with Gasteiger partial charge in [-0.2, -0.15) is 0 Å². The summed E-state index contributed by atoms with van der Waals surface area (Å²) in [5, 5.41) is 0. The van der Waals surface area contributed by atoms with Crippen molar-refractivity contribution in [2.24, 2.45) is 0 Å². The molecule has 2 aromatic heterocycles. The number of nitrogens with zero attached hydrogens (tertiary/aromatic N) is 5. The average molecular weight is 352 g/mol. The van der Waals surface area contributed by atoms with E-state index in [4.69, 9.17) is 4.74 Å². The number of H-pyrrole nitrogens is 1. The molecule has 1 atom stereocenters. The van der Waals surface area contributed by atoms with Crippen molar-refractivity contribution in [3.05, 3.63) is 48.2 Å². The number of benzene rings is 1. The molecule has 8 heteroatoms. The highest BCUT2D eigenvalue weighted by molar-refractivity contribution is 5.97. The number of carbonyl (C=O) groups excluding carboxylic acids is 1. The van der Waals surface area contributed by atoms with Crippen LogP contribution in [0.1, 0.15) is 22.2 Å². The van der Waals surface area contributed by atoms with Crippen LogP contribution in [-0.2, 0) is 4.74 Å². The Balaban J connectivity index is 1.57. The van der Waals surface area contributed by atoms with Crippen molar-refractivity contribution in [2.45, 2.75) is 6.10 Å². The number of aromatic amines is 1. The number of rotatable bonds is 3. The fourth-order valence-electron chi connectivity index (χ4n) is 3.16. The summed E-state index contributed by atoms with van der Waals surface area (Å²) in [5.74, 6) is 0.732. The van der Waals surface area contributed by atoms with Crippen LogP contribution < -0.4 is 4.90 Å². The zero-order valence-electron chi connectivity index (χ0n) is 14.7. The molecule has 3 heterocycles. The molecule has 1 N–H and O–H groups in total. The summed E-state index contributed by atoms with van der Waals surface area (Å²) in [7, 11) is 3.83. The molecule has 8 nitrogen and oxygen atoms in total. The van der Waals surface area contributed by atoms with Crippen molar-refractivity contribution in [2.75, 3.05) is 38.7 Å². The molecule has 0 saturated carbocycles. The Morgan fingerprint density at radius 1 is 1.27 bits per heavy atom. The van der Waals surface area contributed by atoms with Crippen LogP contribution in [0.4, 0.5) is 5.82 Å². The topological polar surface area (TPSA) is 87.2 Å². The number of nitrogens with one attached hydrogen (secondary N) is 1. The molecule has 1 amide bonds. The van der Waals surface area contributed by atoms with Gasteiger partial charge in [0.05, 0.1) is 30.5 Å². The number of carbonyl (C=O) groups is 1. The normalized spacial score (nSPS) is 17.5. The lowest BCUT2D eigenvalue weighted by molar-refractivity contribution is -0.0246. The zero-order chi connectivity index (χ0) is 18.1. The molecule has 1 saturated heterocycles. The summed E-state index contributed by atoms with van der Waals surface area (Å²) < 4.78 is 5.89. The number of amides is 1. The molecule has 1 aliphatic rings. The summed E-state index contributed by atoms with van der Waals surface area (Å²) in [5.41, 5.74) is 3.08. The van der Waals surface area contributed by atoms with E-state index in [0.717, 1.165) is 22.5 Å². The Bertz CT molecular complexity index is 938. The highest BCUT2D eigenvalue weighted by Crippen LogP contribution is 2.27. The second-order valence-corrected chi connectivity index (χ2v) is 6.40. The minimum Gasteiger partial charge on any atom is -0.368 e. The molecule has 0 radical (unpaired) electrons. The van der Waals surface area contributed by atoms with E-state index in [1.807, 2.05) is 37.2 Å². The van der Waals surface area contributed by atoms with E-state index in [-0.39, 0.29) is 12.0 Å². The van der Waals surface area contributed by atoms with E-state index in [9.17, 15) is 4.79 Å². The van der Waals surface area contributed by atoms with E-state index in [1.165, 1.54) is 0 Å². The first-order chi connectivity index (χ1) is 12.6. The van der Waals surface area contributed by atoms with Crippen molar-refractivity contribution >= 4 is 22.8 Å². The largest absolute Gasteiger partial charge is 0.368 e. The molecule has 1 fully saturated rings. The monoisotopic (exact) mass is 352 g/mol. The highest BCUT2D eigenvalue weighted by Gasteiger charge is 2.29. The summed E-state index contributed by atoms with van der Waals surface area (Å²) in [6.45, 7) is 1.46. The lowest BCUT2D eigenvalue weighted by atomic mass is 10.1. The Labute approximate surface area is 150 Å². The molecule has 134 valence electrons. The Morgan fingerprint density at radius 3 is 2.96 bits per heavy atom. The van der Waals surface area contributed by atoms with Crippen molar-refractivity contribution in [3.63, 3.8) is 0 Å². The number of morpholine rings is 1. The van der Waals surface area contributed by atoms with Gasteiger partial charge in [0, 0.05) is 38.6 Å². The van der Waals surface area contributed by atoms with Crippen molar-refractivity contribution < 1.29 is 9.53 Å². The Morgan fingerprint density at radius 2 is 2.12 bits per heavy atom. The van der Waals surface area contributed by atoms with Crippen LogP contribution in [0.2, 0.25) is 0 Å². The maximum absolute atomic E-state index is 13.0. The van der Waals surface area contributed by atoms with Gasteiger partial charge in [0.15, 0.2) is 5.82 Å². The summed E-state index contributed by atoms with van der Waals surface area (Å²) in [6.07, 6.45) is 4.64. The highest BCUT2D eigenvalue weighted by atomic mass is 16.5. The van der Waals surface area contributed by atoms with Gasteiger partial charge in [0.25, 0.3) is 5.91 Å². The number of anilines is 1. The minimum atomic E-state index is -0.297. The van der Waals surface area contributed by atoms with E-state index >= 15 is 0 Å². The van der Waals surface area contributed by atoms with Gasteiger partial charge in [-0.15, -0.1) is 0 Å². The molecule has 0 spiro atoms. The van der Waals surface area contributed by atoms with Crippen LogP contribution in [0, 0.1) is 0 Å². The van der Waals surface area contributed by atoms with Gasteiger partial charge in [-0.05, 0) is 18.2 Å². The third-order valence-corrected chi connectivity index (χ3v) is 4.46. The molecule has 0 unspecified atom stereocenters. The Hall–Kier alpha value is -3.00. The van der Waals surface area contributed by atoms with Crippen LogP contribution in [0.3, 0.4) is 0 Å². The first-order valence-electron chi connectivity index (χ1n) is 8.45. The number of ether oxygens (including phenoxy) is 1. The van der Waals surface area contributed by atoms with Gasteiger partial charge in [-0.25, -0.2) is 9.97 Å². The van der Waals surface area contributed by atoms with Gasteiger partial charge in [0.2, 0.25) is 0 Å². The second-order valence-electron chi connectivity index (χ2n) is 6.40. The number of aromatic nitrogens is 4. The zero-order valence-corrected chi connectivity index (χ0v) is 14.7. The molecular weight excluding hydrogens is 332 g/mol. The predicted octanol–water partition coefficient (Wildman–Crippen LogP) is 1.63. The fourth-order valence-corrected chi connectivity index (χ4v) is 3.16. The number of hydrogen-bond donors (Lipinski definition) is 1. The van der Waals surface area contributed by atoms with Crippen LogP contribution in [-0.4, -0.2) is 64.5 Å². The Kier molecular flexibility index (Phi) is 4.26. The van der Waals surface area contributed by atoms with Gasteiger partial charge in [0.1, 0.15) is 11.8 Å². The van der Waals surface area contributed by atoms with E-state index in [2.05, 4.69) is 19.9 Å². The summed E-state index contributed by atoms with van der Waals surface area (Å²) in [4.78, 5) is 32.7. The second kappa shape index (κ2) is 6.72. The maximum atomic E-state index is 13.0. The number of fused-ring (bicyclic) bond motifs is 1. The smallest absolute Gasteiger partial charge is 0.254 e. The van der Waals surface area contributed by atoms with Crippen LogP contribution in [0.25, 0.3) is 11.0 Å². The van der Waals surface area contributed by atoms with Crippen molar-refractivity contribution in [1.29, 1.82) is 0 Å². The lowest BCUT2D eigenvalue weighted by Gasteiger charge is -2.33. The first-order valence-corrected chi connectivity index (χ1v) is 8.45. The third kappa shape index (κ3) is 2.99. The maximum Gasteiger partial charge on any atom is 0.254 e. The number of imidazole rings is 1. The molecule has 1 aliphatic heterocycles. The average Bonchev–Trinajstić information content (AvgIpc) is 3.15. The predicted molar refractivity (Wildman–Crippen MR) is 97.0 cm³/mol. The molecule has 0 bridgehead atoms. The van der Waals surface area contributed by atoms with Crippen LogP contribution in [0.15, 0.2) is 36.9 Å². The summed E-state index contributed by atoms with van der Waals surface area (Å²) in [6, 6.07) is 5.50. The quantitative estimate of drug-likeness (QED) is 0.771. The van der Waals surface area contributed by atoms with Crippen molar-refractivity contribution in [1.82, 2.24) is 24.8 Å². The van der Waals surface area contributed by atoms with Gasteiger partial charge >= 0.3 is 0 Å². The third-order valence-electron chi connectivity index (χ3n) is 4.46. The summed E-state index contributed by atoms with van der Waals surface area (Å²) >= 11 is 0. The molecular formula is C18H20N6O2. The minimum absolute atomic E-state index is 0.0231. The molecule has 0 aliphatic carbocycles. The lowest BCUT2D eigenvalue weighted by Crippen LogP contribution is -2.42. The number of hydrogen-bond acceptors (Lipinski definition) is 6. The van der Waals surface area contributed by atoms with Gasteiger partial charge in [-0.3, -0.25) is 9.78 Å². The van der Waals surface area contributed by atoms with Gasteiger partial charge in [-0.1, -0.05) is 0 Å². The standard InChI is InChI=1S/C18H20N6O2/c1-23(2)17-16(19-5-6-20-17)15-10-24(7-8-26-15)18(25)12-3-4-13-14(9-12)22-11-21-13/h3-6,9,11,15H,7-8,10H2,1-2H3,(H,21,22)/t15-/m1/s1. The van der Waals surface area contributed by atoms with Gasteiger partial charge < -0.3 is 19.5 Å². The van der Waals surface area contributed by atoms with Crippen molar-refractivity contribution in [3.8, 4) is 0 Å². The van der Waals surface area contributed by atoms with E-state index in [0.29, 0.717) is 25.3 Å². The molecule has 4 rings (SSSR count). The SMILES string of the molecule is CN(C)c1nccnc1[C@H]1CN(C(=O)c2ccc3nc[nH]c3c2)CCO1. The van der Waals surface area contributed by atoms with Crippen LogP contribution >= 0.6 is 0 Å². The first kappa shape index (κ1) is 16.5. The molecule has 26 heavy (non-hydrogen) atoms. The molecule has 3 aromatic rings. The molecule has 1 aromatic carbocycles. The van der Waals surface area contributed by atoms with E-state index < -0.39 is 0 Å².